The van der Waals surface area contributed by atoms with E-state index in [4.69, 9.17) is 10.6 Å². The largest absolute Gasteiger partial charge is 0.497 e. The number of methoxy groups -OCH3 is 1. The number of ether oxygens (including phenoxy) is 1. The number of benzene rings is 1. The van der Waals surface area contributed by atoms with Crippen molar-refractivity contribution >= 4 is 5.91 Å². The smallest absolute Gasteiger partial charge is 0.244 e. The first-order valence-electron chi connectivity index (χ1n) is 6.38. The molecule has 18 heavy (non-hydrogen) atoms. The average molecular weight is 248 g/mol. The van der Waals surface area contributed by atoms with Crippen molar-refractivity contribution in [2.24, 2.45) is 5.84 Å². The number of nitrogens with one attached hydrogen (secondary N) is 1. The van der Waals surface area contributed by atoms with Gasteiger partial charge in [-0.2, -0.15) is 0 Å². The number of hydrogen-bond donors (Lipinski definition) is 2. The van der Waals surface area contributed by atoms with Crippen molar-refractivity contribution in [3.63, 3.8) is 0 Å². The van der Waals surface area contributed by atoms with Gasteiger partial charge in [-0.05, 0) is 30.5 Å². The van der Waals surface area contributed by atoms with Gasteiger partial charge in [-0.25, -0.2) is 5.84 Å². The summed E-state index contributed by atoms with van der Waals surface area (Å²) in [4.78, 5) is 12.2. The molecular formula is C14H20N2O2. The maximum Gasteiger partial charge on any atom is 0.244 e. The van der Waals surface area contributed by atoms with Gasteiger partial charge in [0.1, 0.15) is 5.75 Å². The zero-order chi connectivity index (χ0) is 13.0. The van der Waals surface area contributed by atoms with E-state index in [1.165, 1.54) is 6.42 Å². The molecule has 1 amide bonds. The predicted molar refractivity (Wildman–Crippen MR) is 70.1 cm³/mol. The molecule has 1 aromatic carbocycles. The molecule has 0 heterocycles. The Morgan fingerprint density at radius 1 is 1.22 bits per heavy atom. The van der Waals surface area contributed by atoms with E-state index >= 15 is 0 Å². The minimum atomic E-state index is -0.459. The third kappa shape index (κ3) is 2.20. The molecule has 0 bridgehead atoms. The van der Waals surface area contributed by atoms with E-state index in [9.17, 15) is 4.79 Å². The molecule has 1 aromatic rings. The summed E-state index contributed by atoms with van der Waals surface area (Å²) in [5.41, 5.74) is 2.91. The van der Waals surface area contributed by atoms with Crippen molar-refractivity contribution in [1.29, 1.82) is 0 Å². The summed E-state index contributed by atoms with van der Waals surface area (Å²) in [5.74, 6) is 6.08. The van der Waals surface area contributed by atoms with Gasteiger partial charge in [0.25, 0.3) is 0 Å². The summed E-state index contributed by atoms with van der Waals surface area (Å²) < 4.78 is 5.15. The van der Waals surface area contributed by atoms with Crippen molar-refractivity contribution in [1.82, 2.24) is 5.43 Å². The second kappa shape index (κ2) is 5.40. The van der Waals surface area contributed by atoms with Crippen LogP contribution in [0.1, 0.15) is 37.7 Å². The first kappa shape index (κ1) is 12.9. The van der Waals surface area contributed by atoms with Crippen LogP contribution in [0, 0.1) is 0 Å². The fraction of sp³-hybridized carbons (Fsp3) is 0.500. The Balaban J connectivity index is 2.35. The number of hydrazine groups is 1. The summed E-state index contributed by atoms with van der Waals surface area (Å²) in [7, 11) is 1.64. The lowest BCUT2D eigenvalue weighted by atomic mass is 9.69. The Bertz CT molecular complexity index is 408. The predicted octanol–water partition coefficient (Wildman–Crippen LogP) is 1.89. The van der Waals surface area contributed by atoms with Crippen molar-refractivity contribution in [2.45, 2.75) is 37.5 Å². The van der Waals surface area contributed by atoms with Gasteiger partial charge in [0.2, 0.25) is 5.91 Å². The molecule has 4 heteroatoms. The molecule has 3 N–H and O–H groups in total. The minimum absolute atomic E-state index is 0.0765. The standard InChI is InChI=1S/C14H20N2O2/c1-18-12-7-5-11(6-8-12)14(13(17)16-15)9-3-2-4-10-14/h5-8H,2-4,9-10,15H2,1H3,(H,16,17). The van der Waals surface area contributed by atoms with Gasteiger partial charge in [0.05, 0.1) is 12.5 Å². The molecule has 1 aliphatic carbocycles. The van der Waals surface area contributed by atoms with Crippen LogP contribution in [0.3, 0.4) is 0 Å². The lowest BCUT2D eigenvalue weighted by Crippen LogP contribution is -2.48. The van der Waals surface area contributed by atoms with Gasteiger partial charge in [-0.3, -0.25) is 10.2 Å². The van der Waals surface area contributed by atoms with Gasteiger partial charge in [0, 0.05) is 0 Å². The molecule has 0 aromatic heterocycles. The number of carbonyl (C=O) groups is 1. The van der Waals surface area contributed by atoms with Crippen LogP contribution >= 0.6 is 0 Å². The number of nitrogens with two attached hydrogens (primary N) is 1. The van der Waals surface area contributed by atoms with E-state index in [1.807, 2.05) is 24.3 Å². The van der Waals surface area contributed by atoms with Crippen molar-refractivity contribution in [2.75, 3.05) is 7.11 Å². The van der Waals surface area contributed by atoms with E-state index in [1.54, 1.807) is 7.11 Å². The van der Waals surface area contributed by atoms with Crippen LogP contribution in [-0.2, 0) is 10.2 Å². The molecule has 0 radical (unpaired) electrons. The van der Waals surface area contributed by atoms with E-state index in [-0.39, 0.29) is 5.91 Å². The highest BCUT2D eigenvalue weighted by Crippen LogP contribution is 2.40. The molecule has 0 aliphatic heterocycles. The van der Waals surface area contributed by atoms with E-state index in [0.29, 0.717) is 0 Å². The van der Waals surface area contributed by atoms with E-state index < -0.39 is 5.41 Å². The maximum absolute atomic E-state index is 12.2. The normalized spacial score (nSPS) is 18.1. The number of carbonyl (C=O) groups excluding carboxylic acids is 1. The quantitative estimate of drug-likeness (QED) is 0.488. The number of amides is 1. The summed E-state index contributed by atoms with van der Waals surface area (Å²) in [5, 5.41) is 0. The van der Waals surface area contributed by atoms with Crippen LogP contribution in [0.5, 0.6) is 5.75 Å². The Hall–Kier alpha value is -1.55. The van der Waals surface area contributed by atoms with E-state index in [2.05, 4.69) is 5.43 Å². The van der Waals surface area contributed by atoms with Gasteiger partial charge in [0.15, 0.2) is 0 Å². The molecule has 98 valence electrons. The van der Waals surface area contributed by atoms with Crippen LogP contribution in [-0.4, -0.2) is 13.0 Å². The van der Waals surface area contributed by atoms with Crippen molar-refractivity contribution in [3.05, 3.63) is 29.8 Å². The highest BCUT2D eigenvalue weighted by molar-refractivity contribution is 5.87. The van der Waals surface area contributed by atoms with Crippen molar-refractivity contribution in [3.8, 4) is 5.75 Å². The molecule has 1 saturated carbocycles. The molecule has 0 saturated heterocycles. The monoisotopic (exact) mass is 248 g/mol. The first-order chi connectivity index (χ1) is 8.73. The fourth-order valence-corrected chi connectivity index (χ4v) is 2.85. The molecule has 1 fully saturated rings. The van der Waals surface area contributed by atoms with Crippen LogP contribution in [0.15, 0.2) is 24.3 Å². The van der Waals surface area contributed by atoms with Gasteiger partial charge in [-0.15, -0.1) is 0 Å². The molecule has 2 rings (SSSR count). The second-order valence-corrected chi connectivity index (χ2v) is 4.84. The topological polar surface area (TPSA) is 64.3 Å². The van der Waals surface area contributed by atoms with Gasteiger partial charge < -0.3 is 4.74 Å². The lowest BCUT2D eigenvalue weighted by Gasteiger charge is -2.35. The summed E-state index contributed by atoms with van der Waals surface area (Å²) in [6.45, 7) is 0. The Labute approximate surface area is 107 Å². The molecule has 0 unspecified atom stereocenters. The summed E-state index contributed by atoms with van der Waals surface area (Å²) in [6, 6.07) is 7.74. The molecule has 1 aliphatic rings. The van der Waals surface area contributed by atoms with Crippen LogP contribution in [0.25, 0.3) is 0 Å². The third-order valence-electron chi connectivity index (χ3n) is 3.92. The zero-order valence-corrected chi connectivity index (χ0v) is 10.7. The maximum atomic E-state index is 12.2. The lowest BCUT2D eigenvalue weighted by molar-refractivity contribution is -0.128. The van der Waals surface area contributed by atoms with Gasteiger partial charge in [-0.1, -0.05) is 31.4 Å². The van der Waals surface area contributed by atoms with Crippen LogP contribution < -0.4 is 16.0 Å². The second-order valence-electron chi connectivity index (χ2n) is 4.84. The zero-order valence-electron chi connectivity index (χ0n) is 10.7. The minimum Gasteiger partial charge on any atom is -0.497 e. The number of rotatable bonds is 3. The number of hydrogen-bond acceptors (Lipinski definition) is 3. The molecule has 0 atom stereocenters. The van der Waals surface area contributed by atoms with Gasteiger partial charge >= 0.3 is 0 Å². The molecular weight excluding hydrogens is 228 g/mol. The van der Waals surface area contributed by atoms with Crippen LogP contribution in [0.2, 0.25) is 0 Å². The SMILES string of the molecule is COc1ccc(C2(C(=O)NN)CCCCC2)cc1. The van der Waals surface area contributed by atoms with Crippen LogP contribution in [0.4, 0.5) is 0 Å². The summed E-state index contributed by atoms with van der Waals surface area (Å²) in [6.07, 6.45) is 5.05. The van der Waals surface area contributed by atoms with Crippen molar-refractivity contribution < 1.29 is 9.53 Å². The Morgan fingerprint density at radius 2 is 1.83 bits per heavy atom. The van der Waals surface area contributed by atoms with E-state index in [0.717, 1.165) is 37.0 Å². The highest BCUT2D eigenvalue weighted by atomic mass is 16.5. The Kier molecular flexibility index (Phi) is 3.87. The first-order valence-corrected chi connectivity index (χ1v) is 6.38. The fourth-order valence-electron chi connectivity index (χ4n) is 2.85. The average Bonchev–Trinajstić information content (AvgIpc) is 2.47. The highest BCUT2D eigenvalue weighted by Gasteiger charge is 2.40. The molecule has 4 nitrogen and oxygen atoms in total. The summed E-state index contributed by atoms with van der Waals surface area (Å²) >= 11 is 0. The Morgan fingerprint density at radius 3 is 2.33 bits per heavy atom. The third-order valence-corrected chi connectivity index (χ3v) is 3.92. The molecule has 0 spiro atoms.